The molecule has 3 rings (SSSR count). The van der Waals surface area contributed by atoms with E-state index in [9.17, 15) is 8.42 Å². The number of rotatable bonds is 0. The van der Waals surface area contributed by atoms with Crippen LogP contribution in [-0.2, 0) is 31.3 Å². The molecule has 2 aromatic carbocycles. The zero-order chi connectivity index (χ0) is 14.7. The second-order valence-corrected chi connectivity index (χ2v) is 5.30. The van der Waals surface area contributed by atoms with Gasteiger partial charge < -0.3 is 8.37 Å². The van der Waals surface area contributed by atoms with Crippen LogP contribution in [0, 0.1) is 0 Å². The van der Waals surface area contributed by atoms with Crippen molar-refractivity contribution in [1.29, 1.82) is 0 Å². The second-order valence-electron chi connectivity index (χ2n) is 3.82. The molecular formula is C12H9NO6S2. The Balaban J connectivity index is 2.14. The standard InChI is InChI=1S/C12H9NO6S2/c14-20-16-11-7-3-1-5-9(11)10-6-2-4-8-12(10)17-21(15)19-13-18-20/h1-8,13H. The van der Waals surface area contributed by atoms with Crippen LogP contribution in [0.1, 0.15) is 0 Å². The number of hydrogen-bond donors (Lipinski definition) is 1. The van der Waals surface area contributed by atoms with Gasteiger partial charge in [0.15, 0.2) is 11.5 Å². The van der Waals surface area contributed by atoms with Crippen molar-refractivity contribution in [2.24, 2.45) is 0 Å². The number of para-hydroxylation sites is 2. The van der Waals surface area contributed by atoms with E-state index in [0.29, 0.717) is 22.6 Å². The molecule has 0 bridgehead atoms. The summed E-state index contributed by atoms with van der Waals surface area (Å²) in [7, 11) is 0. The summed E-state index contributed by atoms with van der Waals surface area (Å²) in [6, 6.07) is 13.8. The van der Waals surface area contributed by atoms with Crippen LogP contribution in [0.3, 0.4) is 0 Å². The summed E-state index contributed by atoms with van der Waals surface area (Å²) in [6.07, 6.45) is 0. The molecule has 0 amide bonds. The smallest absolute Gasteiger partial charge is 0.378 e. The van der Waals surface area contributed by atoms with E-state index in [1.807, 2.05) is 0 Å². The summed E-state index contributed by atoms with van der Waals surface area (Å²) < 4.78 is 42.5. The van der Waals surface area contributed by atoms with E-state index < -0.39 is 22.7 Å². The Kier molecular flexibility index (Phi) is 4.27. The van der Waals surface area contributed by atoms with Gasteiger partial charge in [0.1, 0.15) is 0 Å². The summed E-state index contributed by atoms with van der Waals surface area (Å²) >= 11 is -4.35. The van der Waals surface area contributed by atoms with Gasteiger partial charge in [0.2, 0.25) is 0 Å². The molecule has 1 aliphatic rings. The Hall–Kier alpha value is -1.78. The van der Waals surface area contributed by atoms with Gasteiger partial charge in [-0.2, -0.15) is 8.42 Å². The van der Waals surface area contributed by atoms with Gasteiger partial charge in [-0.05, 0) is 17.8 Å². The average molecular weight is 327 g/mol. The minimum absolute atomic E-state index is 0.321. The van der Waals surface area contributed by atoms with Gasteiger partial charge in [-0.15, -0.1) is 8.57 Å². The quantitative estimate of drug-likeness (QED) is 0.789. The molecule has 0 fully saturated rings. The first-order chi connectivity index (χ1) is 10.2. The van der Waals surface area contributed by atoms with Gasteiger partial charge in [-0.3, -0.25) is 0 Å². The molecular weight excluding hydrogens is 318 g/mol. The van der Waals surface area contributed by atoms with Crippen LogP contribution in [0.15, 0.2) is 48.5 Å². The minimum Gasteiger partial charge on any atom is -0.378 e. The van der Waals surface area contributed by atoms with Crippen LogP contribution in [-0.4, -0.2) is 8.42 Å². The highest BCUT2D eigenvalue weighted by molar-refractivity contribution is 7.76. The Bertz CT molecular complexity index is 648. The Morgan fingerprint density at radius 1 is 0.714 bits per heavy atom. The highest BCUT2D eigenvalue weighted by atomic mass is 32.2. The van der Waals surface area contributed by atoms with Crippen LogP contribution < -0.4 is 14.0 Å². The average Bonchev–Trinajstić information content (AvgIpc) is 2.50. The predicted molar refractivity (Wildman–Crippen MR) is 74.7 cm³/mol. The largest absolute Gasteiger partial charge is 0.380 e. The molecule has 0 saturated heterocycles. The number of benzene rings is 2. The van der Waals surface area contributed by atoms with Crippen molar-refractivity contribution in [2.75, 3.05) is 0 Å². The van der Waals surface area contributed by atoms with Crippen molar-refractivity contribution >= 4 is 22.7 Å². The maximum absolute atomic E-state index is 11.6. The van der Waals surface area contributed by atoms with Crippen LogP contribution in [0.2, 0.25) is 0 Å². The third-order valence-electron chi connectivity index (χ3n) is 2.58. The van der Waals surface area contributed by atoms with Crippen molar-refractivity contribution in [3.05, 3.63) is 48.5 Å². The first-order valence-electron chi connectivity index (χ1n) is 5.72. The van der Waals surface area contributed by atoms with Crippen molar-refractivity contribution in [2.45, 2.75) is 0 Å². The first kappa shape index (κ1) is 14.2. The highest BCUT2D eigenvalue weighted by Crippen LogP contribution is 2.37. The van der Waals surface area contributed by atoms with Gasteiger partial charge in [0.25, 0.3) is 0 Å². The molecule has 2 aromatic rings. The molecule has 7 nitrogen and oxygen atoms in total. The Morgan fingerprint density at radius 3 is 1.62 bits per heavy atom. The molecule has 1 heterocycles. The molecule has 110 valence electrons. The van der Waals surface area contributed by atoms with E-state index in [-0.39, 0.29) is 0 Å². The molecule has 2 atom stereocenters. The third-order valence-corrected chi connectivity index (χ3v) is 3.62. The molecule has 2 unspecified atom stereocenters. The normalized spacial score (nSPS) is 21.9. The Morgan fingerprint density at radius 2 is 1.14 bits per heavy atom. The zero-order valence-corrected chi connectivity index (χ0v) is 12.0. The maximum Gasteiger partial charge on any atom is 0.380 e. The SMILES string of the molecule is O=S1ONOS(=O)Oc2ccccc2-c2ccccc2O1. The highest BCUT2D eigenvalue weighted by Gasteiger charge is 2.18. The molecule has 0 spiro atoms. The van der Waals surface area contributed by atoms with Crippen molar-refractivity contribution in [1.82, 2.24) is 5.64 Å². The fraction of sp³-hybridized carbons (Fsp3) is 0. The predicted octanol–water partition coefficient (Wildman–Crippen LogP) is 1.73. The van der Waals surface area contributed by atoms with Crippen LogP contribution in [0.25, 0.3) is 11.1 Å². The lowest BCUT2D eigenvalue weighted by Crippen LogP contribution is -2.22. The van der Waals surface area contributed by atoms with E-state index in [4.69, 9.17) is 8.37 Å². The summed E-state index contributed by atoms with van der Waals surface area (Å²) in [5, 5.41) is 0. The monoisotopic (exact) mass is 327 g/mol. The van der Waals surface area contributed by atoms with Gasteiger partial charge in [0, 0.05) is 11.1 Å². The molecule has 21 heavy (non-hydrogen) atoms. The third kappa shape index (κ3) is 3.28. The van der Waals surface area contributed by atoms with Gasteiger partial charge in [-0.25, -0.2) is 0 Å². The summed E-state index contributed by atoms with van der Waals surface area (Å²) in [6.45, 7) is 0. The lowest BCUT2D eigenvalue weighted by atomic mass is 10.0. The molecule has 0 saturated carbocycles. The summed E-state index contributed by atoms with van der Waals surface area (Å²) in [5.41, 5.74) is 3.02. The van der Waals surface area contributed by atoms with Gasteiger partial charge in [0.05, 0.1) is 0 Å². The second kappa shape index (κ2) is 6.33. The van der Waals surface area contributed by atoms with Crippen molar-refractivity contribution in [3.63, 3.8) is 0 Å². The van der Waals surface area contributed by atoms with Crippen LogP contribution in [0.4, 0.5) is 0 Å². The first-order valence-corrected chi connectivity index (χ1v) is 7.72. The number of nitrogens with one attached hydrogen (secondary N) is 1. The molecule has 0 aliphatic carbocycles. The van der Waals surface area contributed by atoms with Crippen LogP contribution >= 0.6 is 0 Å². The zero-order valence-electron chi connectivity index (χ0n) is 10.4. The topological polar surface area (TPSA) is 83.1 Å². The Labute approximate surface area is 125 Å². The molecule has 1 N–H and O–H groups in total. The number of fused-ring (bicyclic) bond motifs is 3. The summed E-state index contributed by atoms with van der Waals surface area (Å²) in [5.74, 6) is 0.641. The minimum atomic E-state index is -2.17. The van der Waals surface area contributed by atoms with Gasteiger partial charge in [-0.1, -0.05) is 36.4 Å². The molecule has 9 heteroatoms. The molecule has 0 radical (unpaired) electrons. The van der Waals surface area contributed by atoms with E-state index in [2.05, 4.69) is 8.57 Å². The number of hydrogen-bond acceptors (Lipinski definition) is 7. The van der Waals surface area contributed by atoms with Crippen LogP contribution in [0.5, 0.6) is 11.5 Å². The fourth-order valence-electron chi connectivity index (χ4n) is 1.77. The van der Waals surface area contributed by atoms with E-state index in [0.717, 1.165) is 0 Å². The lowest BCUT2D eigenvalue weighted by molar-refractivity contribution is -0.00790. The molecule has 1 aliphatic heterocycles. The summed E-state index contributed by atoms with van der Waals surface area (Å²) in [4.78, 5) is 0. The van der Waals surface area contributed by atoms with E-state index in [1.165, 1.54) is 0 Å². The lowest BCUT2D eigenvalue weighted by Gasteiger charge is -2.11. The van der Waals surface area contributed by atoms with Crippen molar-refractivity contribution in [3.8, 4) is 22.6 Å². The van der Waals surface area contributed by atoms with Crippen molar-refractivity contribution < 1.29 is 25.4 Å². The molecule has 0 aromatic heterocycles. The maximum atomic E-state index is 11.6. The van der Waals surface area contributed by atoms with E-state index in [1.54, 1.807) is 54.2 Å². The fourth-order valence-corrected chi connectivity index (χ4v) is 2.65. The van der Waals surface area contributed by atoms with E-state index >= 15 is 0 Å². The van der Waals surface area contributed by atoms with Gasteiger partial charge >= 0.3 is 22.7 Å².